The van der Waals surface area contributed by atoms with E-state index in [0.717, 1.165) is 0 Å². The summed E-state index contributed by atoms with van der Waals surface area (Å²) in [5.74, 6) is -2.71. The van der Waals surface area contributed by atoms with E-state index >= 15 is 0 Å². The number of piperidine rings is 1. The molecule has 1 saturated heterocycles. The Bertz CT molecular complexity index is 849. The minimum atomic E-state index is -1.02. The van der Waals surface area contributed by atoms with Crippen molar-refractivity contribution in [2.24, 2.45) is 0 Å². The Morgan fingerprint density at radius 3 is 2.74 bits per heavy atom. The maximum atomic E-state index is 12.7. The van der Waals surface area contributed by atoms with Crippen molar-refractivity contribution in [3.8, 4) is 0 Å². The average Bonchev–Trinajstić information content (AvgIpc) is 2.90. The maximum absolute atomic E-state index is 12.7. The minimum absolute atomic E-state index is 0.172. The fraction of sp³-hybridized carbons (Fsp3) is 0.389. The maximum Gasteiger partial charge on any atom is 0.305 e. The lowest BCUT2D eigenvalue weighted by Gasteiger charge is -2.29. The number of carboxylic acid groups (broad SMARTS) is 1. The lowest BCUT2D eigenvalue weighted by Crippen LogP contribution is -2.52. The molecule has 1 aromatic rings. The molecule has 0 bridgehead atoms. The van der Waals surface area contributed by atoms with Gasteiger partial charge in [-0.15, -0.1) is 0 Å². The summed E-state index contributed by atoms with van der Waals surface area (Å²) in [5.41, 5.74) is 1.27. The van der Waals surface area contributed by atoms with Crippen LogP contribution >= 0.6 is 0 Å². The van der Waals surface area contributed by atoms with Gasteiger partial charge in [0.25, 0.3) is 11.8 Å². The van der Waals surface area contributed by atoms with Gasteiger partial charge in [-0.1, -0.05) is 6.07 Å². The van der Waals surface area contributed by atoms with Crippen molar-refractivity contribution >= 4 is 29.6 Å². The van der Waals surface area contributed by atoms with Crippen molar-refractivity contribution in [2.45, 2.75) is 44.8 Å². The Morgan fingerprint density at radius 1 is 1.33 bits per heavy atom. The topological polar surface area (TPSA) is 133 Å². The number of benzene rings is 1. The van der Waals surface area contributed by atoms with E-state index in [0.29, 0.717) is 11.1 Å². The molecule has 0 radical (unpaired) electrons. The third-order valence-electron chi connectivity index (χ3n) is 4.65. The summed E-state index contributed by atoms with van der Waals surface area (Å²) in [6.07, 6.45) is 0.231. The van der Waals surface area contributed by atoms with Gasteiger partial charge < -0.3 is 15.3 Å². The van der Waals surface area contributed by atoms with Crippen LogP contribution in [0.1, 0.15) is 52.5 Å². The van der Waals surface area contributed by atoms with E-state index in [1.54, 1.807) is 19.1 Å². The van der Waals surface area contributed by atoms with E-state index in [4.69, 9.17) is 5.11 Å². The largest absolute Gasteiger partial charge is 0.481 e. The molecule has 142 valence electrons. The number of hydrogen-bond acceptors (Lipinski definition) is 5. The molecular formula is C18H19N3O6. The number of carboxylic acids is 1. The summed E-state index contributed by atoms with van der Waals surface area (Å²) in [6, 6.07) is 3.39. The average molecular weight is 373 g/mol. The first kappa shape index (κ1) is 18.6. The van der Waals surface area contributed by atoms with Crippen molar-refractivity contribution in [3.63, 3.8) is 0 Å². The quantitative estimate of drug-likeness (QED) is 0.624. The molecule has 2 heterocycles. The highest BCUT2D eigenvalue weighted by atomic mass is 16.4. The highest BCUT2D eigenvalue weighted by Gasteiger charge is 2.39. The van der Waals surface area contributed by atoms with Crippen LogP contribution in [0.5, 0.6) is 0 Å². The summed E-state index contributed by atoms with van der Waals surface area (Å²) in [4.78, 5) is 60.4. The van der Waals surface area contributed by atoms with Crippen LogP contribution in [-0.2, 0) is 20.9 Å². The van der Waals surface area contributed by atoms with Gasteiger partial charge in [-0.2, -0.15) is 0 Å². The second kappa shape index (κ2) is 7.18. The summed E-state index contributed by atoms with van der Waals surface area (Å²) in [5, 5.41) is 13.6. The van der Waals surface area contributed by atoms with E-state index in [-0.39, 0.29) is 43.2 Å². The third-order valence-corrected chi connectivity index (χ3v) is 4.65. The van der Waals surface area contributed by atoms with E-state index < -0.39 is 29.9 Å². The molecule has 0 saturated carbocycles. The SMILES string of the molecule is C[C@H](CC(=O)O)NC(=O)c1ccc2c(c1)C(=O)N(C1CCC(=O)NC1=O)C2. The predicted molar refractivity (Wildman–Crippen MR) is 91.7 cm³/mol. The van der Waals surface area contributed by atoms with E-state index in [1.165, 1.54) is 11.0 Å². The van der Waals surface area contributed by atoms with E-state index in [1.807, 2.05) is 0 Å². The van der Waals surface area contributed by atoms with E-state index in [9.17, 15) is 24.0 Å². The van der Waals surface area contributed by atoms with Crippen LogP contribution in [0.3, 0.4) is 0 Å². The van der Waals surface area contributed by atoms with Gasteiger partial charge in [0.15, 0.2) is 0 Å². The zero-order chi connectivity index (χ0) is 19.7. The molecule has 27 heavy (non-hydrogen) atoms. The lowest BCUT2D eigenvalue weighted by atomic mass is 10.0. The number of nitrogens with one attached hydrogen (secondary N) is 2. The number of aliphatic carboxylic acids is 1. The predicted octanol–water partition coefficient (Wildman–Crippen LogP) is 0.0406. The number of rotatable bonds is 5. The molecule has 0 aromatic heterocycles. The van der Waals surface area contributed by atoms with Crippen LogP contribution in [0.15, 0.2) is 18.2 Å². The molecule has 2 aliphatic heterocycles. The van der Waals surface area contributed by atoms with Crippen molar-refractivity contribution in [2.75, 3.05) is 0 Å². The molecule has 2 aliphatic rings. The summed E-state index contributed by atoms with van der Waals surface area (Å²) in [7, 11) is 0. The number of imide groups is 1. The molecule has 3 N–H and O–H groups in total. The molecule has 1 fully saturated rings. The molecule has 9 heteroatoms. The molecule has 9 nitrogen and oxygen atoms in total. The van der Waals surface area contributed by atoms with Crippen LogP contribution in [0.2, 0.25) is 0 Å². The van der Waals surface area contributed by atoms with Gasteiger partial charge in [-0.25, -0.2) is 0 Å². The monoisotopic (exact) mass is 373 g/mol. The summed E-state index contributed by atoms with van der Waals surface area (Å²) < 4.78 is 0. The lowest BCUT2D eigenvalue weighted by molar-refractivity contribution is -0.138. The zero-order valence-corrected chi connectivity index (χ0v) is 14.7. The smallest absolute Gasteiger partial charge is 0.305 e. The summed E-state index contributed by atoms with van der Waals surface area (Å²) in [6.45, 7) is 1.81. The fourth-order valence-electron chi connectivity index (χ4n) is 3.32. The number of carbonyl (C=O) groups excluding carboxylic acids is 4. The molecule has 1 aromatic carbocycles. The molecule has 2 atom stereocenters. The summed E-state index contributed by atoms with van der Waals surface area (Å²) >= 11 is 0. The Balaban J connectivity index is 1.74. The fourth-order valence-corrected chi connectivity index (χ4v) is 3.32. The molecule has 1 unspecified atom stereocenters. The highest BCUT2D eigenvalue weighted by Crippen LogP contribution is 2.28. The Morgan fingerprint density at radius 2 is 2.07 bits per heavy atom. The second-order valence-electron chi connectivity index (χ2n) is 6.74. The second-order valence-corrected chi connectivity index (χ2v) is 6.74. The van der Waals surface area contributed by atoms with Crippen molar-refractivity contribution in [1.29, 1.82) is 0 Å². The van der Waals surface area contributed by atoms with Crippen molar-refractivity contribution < 1.29 is 29.1 Å². The zero-order valence-electron chi connectivity index (χ0n) is 14.7. The van der Waals surface area contributed by atoms with Crippen LogP contribution in [0.4, 0.5) is 0 Å². The molecule has 0 spiro atoms. The first-order chi connectivity index (χ1) is 12.8. The van der Waals surface area contributed by atoms with Gasteiger partial charge in [0, 0.05) is 30.1 Å². The number of hydrogen-bond donors (Lipinski definition) is 3. The van der Waals surface area contributed by atoms with Crippen LogP contribution in [0.25, 0.3) is 0 Å². The molecule has 4 amide bonds. The number of amides is 4. The van der Waals surface area contributed by atoms with Crippen LogP contribution in [-0.4, -0.2) is 51.7 Å². The normalized spacial score (nSPS) is 20.1. The van der Waals surface area contributed by atoms with Gasteiger partial charge in [-0.05, 0) is 31.0 Å². The first-order valence-electron chi connectivity index (χ1n) is 8.56. The minimum Gasteiger partial charge on any atom is -0.481 e. The van der Waals surface area contributed by atoms with Gasteiger partial charge in [0.2, 0.25) is 11.8 Å². The molecular weight excluding hydrogens is 354 g/mol. The Hall–Kier alpha value is -3.23. The number of carbonyl (C=O) groups is 5. The van der Waals surface area contributed by atoms with Crippen LogP contribution < -0.4 is 10.6 Å². The van der Waals surface area contributed by atoms with E-state index in [2.05, 4.69) is 10.6 Å². The van der Waals surface area contributed by atoms with Gasteiger partial charge in [0.1, 0.15) is 6.04 Å². The van der Waals surface area contributed by atoms with Crippen molar-refractivity contribution in [3.05, 3.63) is 34.9 Å². The Labute approximate surface area is 154 Å². The first-order valence-corrected chi connectivity index (χ1v) is 8.56. The Kier molecular flexibility index (Phi) is 4.93. The molecule has 3 rings (SSSR count). The van der Waals surface area contributed by atoms with Gasteiger partial charge in [-0.3, -0.25) is 29.3 Å². The van der Waals surface area contributed by atoms with Gasteiger partial charge in [0.05, 0.1) is 6.42 Å². The highest BCUT2D eigenvalue weighted by molar-refractivity contribution is 6.06. The standard InChI is InChI=1S/C18H19N3O6/c1-9(6-15(23)24)19-16(25)10-2-3-11-8-21(18(27)12(11)7-10)13-4-5-14(22)20-17(13)26/h2-3,7,9,13H,4-6,8H2,1H3,(H,19,25)(H,23,24)(H,20,22,26)/t9-,13?/m1/s1. The molecule has 0 aliphatic carbocycles. The van der Waals surface area contributed by atoms with Gasteiger partial charge >= 0.3 is 5.97 Å². The number of nitrogens with zero attached hydrogens (tertiary/aromatic N) is 1. The van der Waals surface area contributed by atoms with Crippen LogP contribution in [0, 0.1) is 0 Å². The number of fused-ring (bicyclic) bond motifs is 1. The van der Waals surface area contributed by atoms with Crippen molar-refractivity contribution in [1.82, 2.24) is 15.5 Å². The third kappa shape index (κ3) is 3.81.